The van der Waals surface area contributed by atoms with Crippen molar-refractivity contribution in [2.45, 2.75) is 6.61 Å². The Kier molecular flexibility index (Phi) is 7.47. The molecule has 0 aliphatic carbocycles. The Morgan fingerprint density at radius 1 is 1.06 bits per heavy atom. The lowest BCUT2D eigenvalue weighted by Crippen LogP contribution is -2.49. The molecule has 4 rings (SSSR count). The highest BCUT2D eigenvalue weighted by Crippen LogP contribution is 2.26. The molecule has 1 aromatic heterocycles. The highest BCUT2D eigenvalue weighted by Gasteiger charge is 2.23. The number of carbonyl (C=O) groups excluding carboxylic acids is 1. The van der Waals surface area contributed by atoms with Crippen LogP contribution in [0.25, 0.3) is 10.6 Å². The molecule has 8 heteroatoms. The second kappa shape index (κ2) is 10.7. The molecule has 1 amide bonds. The summed E-state index contributed by atoms with van der Waals surface area (Å²) < 4.78 is 23.9. The first-order valence-corrected chi connectivity index (χ1v) is 11.4. The number of aromatic nitrogens is 1. The number of piperazine rings is 1. The van der Waals surface area contributed by atoms with Crippen molar-refractivity contribution in [1.29, 1.82) is 0 Å². The number of carbonyl (C=O) groups is 1. The van der Waals surface area contributed by atoms with Gasteiger partial charge in [0.15, 0.2) is 0 Å². The molecule has 6 nitrogen and oxygen atoms in total. The number of methoxy groups -OCH3 is 1. The Hall–Kier alpha value is -2.81. The van der Waals surface area contributed by atoms with Crippen LogP contribution in [-0.4, -0.2) is 67.1 Å². The molecule has 2 aromatic carbocycles. The van der Waals surface area contributed by atoms with Gasteiger partial charge in [0, 0.05) is 50.8 Å². The van der Waals surface area contributed by atoms with Gasteiger partial charge in [-0.1, -0.05) is 12.1 Å². The van der Waals surface area contributed by atoms with Gasteiger partial charge in [-0.3, -0.25) is 9.69 Å². The fraction of sp³-hybridized carbons (Fsp3) is 0.333. The predicted molar refractivity (Wildman–Crippen MR) is 123 cm³/mol. The van der Waals surface area contributed by atoms with Gasteiger partial charge in [-0.2, -0.15) is 0 Å². The normalized spacial score (nSPS) is 14.5. The molecule has 1 fully saturated rings. The van der Waals surface area contributed by atoms with E-state index < -0.39 is 0 Å². The lowest BCUT2D eigenvalue weighted by molar-refractivity contribution is 0.0589. The van der Waals surface area contributed by atoms with Crippen LogP contribution in [0.2, 0.25) is 0 Å². The third kappa shape index (κ3) is 5.70. The molecular weight excluding hydrogens is 429 g/mol. The second-order valence-corrected chi connectivity index (χ2v) is 8.46. The van der Waals surface area contributed by atoms with Gasteiger partial charge >= 0.3 is 0 Å². The number of thiazole rings is 1. The highest BCUT2D eigenvalue weighted by molar-refractivity contribution is 7.13. The number of hydrogen-bond acceptors (Lipinski definition) is 6. The van der Waals surface area contributed by atoms with Gasteiger partial charge in [0.2, 0.25) is 0 Å². The summed E-state index contributed by atoms with van der Waals surface area (Å²) in [6, 6.07) is 13.9. The number of ether oxygens (including phenoxy) is 2. The summed E-state index contributed by atoms with van der Waals surface area (Å²) in [6.07, 6.45) is 0. The maximum atomic E-state index is 13.0. The van der Waals surface area contributed by atoms with Crippen LogP contribution in [0.5, 0.6) is 5.75 Å². The summed E-state index contributed by atoms with van der Waals surface area (Å²) in [5.41, 5.74) is 2.33. The number of benzene rings is 2. The van der Waals surface area contributed by atoms with Gasteiger partial charge in [-0.25, -0.2) is 9.37 Å². The van der Waals surface area contributed by atoms with E-state index in [1.54, 1.807) is 19.2 Å². The van der Waals surface area contributed by atoms with Crippen LogP contribution >= 0.6 is 11.3 Å². The number of nitrogens with zero attached hydrogens (tertiary/aromatic N) is 3. The third-order valence-electron chi connectivity index (χ3n) is 5.41. The van der Waals surface area contributed by atoms with E-state index in [0.29, 0.717) is 32.0 Å². The summed E-state index contributed by atoms with van der Waals surface area (Å²) in [4.78, 5) is 21.6. The lowest BCUT2D eigenvalue weighted by Gasteiger charge is -2.34. The van der Waals surface area contributed by atoms with Crippen molar-refractivity contribution in [2.75, 3.05) is 46.4 Å². The molecule has 2 heterocycles. The summed E-state index contributed by atoms with van der Waals surface area (Å²) in [6.45, 7) is 5.08. The van der Waals surface area contributed by atoms with Gasteiger partial charge in [-0.05, 0) is 42.0 Å². The Balaban J connectivity index is 1.32. The van der Waals surface area contributed by atoms with Gasteiger partial charge in [0.25, 0.3) is 5.91 Å². The molecule has 0 saturated carbocycles. The fourth-order valence-corrected chi connectivity index (χ4v) is 4.30. The van der Waals surface area contributed by atoms with Crippen LogP contribution in [0, 0.1) is 5.82 Å². The van der Waals surface area contributed by atoms with Crippen LogP contribution < -0.4 is 4.74 Å². The lowest BCUT2D eigenvalue weighted by atomic mass is 10.2. The van der Waals surface area contributed by atoms with Crippen LogP contribution in [0.15, 0.2) is 53.9 Å². The zero-order valence-electron chi connectivity index (χ0n) is 18.0. The minimum absolute atomic E-state index is 0.0156. The Morgan fingerprint density at radius 3 is 2.47 bits per heavy atom. The van der Waals surface area contributed by atoms with Crippen molar-refractivity contribution in [1.82, 2.24) is 14.8 Å². The summed E-state index contributed by atoms with van der Waals surface area (Å²) in [5, 5.41) is 2.63. The molecule has 0 radical (unpaired) electrons. The predicted octanol–water partition coefficient (Wildman–Crippen LogP) is 3.93. The Bertz CT molecular complexity index is 1020. The van der Waals surface area contributed by atoms with Crippen LogP contribution in [-0.2, 0) is 11.3 Å². The molecule has 1 aliphatic heterocycles. The molecule has 3 aromatic rings. The second-order valence-electron chi connectivity index (χ2n) is 7.60. The van der Waals surface area contributed by atoms with Crippen LogP contribution in [0.4, 0.5) is 4.39 Å². The smallest absolute Gasteiger partial charge is 0.273 e. The van der Waals surface area contributed by atoms with Crippen molar-refractivity contribution >= 4 is 17.2 Å². The first kappa shape index (κ1) is 22.4. The first-order chi connectivity index (χ1) is 15.6. The van der Waals surface area contributed by atoms with E-state index in [1.165, 1.54) is 23.5 Å². The quantitative estimate of drug-likeness (QED) is 0.515. The fourth-order valence-electron chi connectivity index (χ4n) is 3.50. The van der Waals surface area contributed by atoms with Crippen molar-refractivity contribution < 1.29 is 18.7 Å². The molecule has 0 spiro atoms. The SMILES string of the molecule is COCCN1CCN(C(=O)c2csc(-c3ccc(OCc4ccc(F)cc4)cc3)n2)CC1. The van der Waals surface area contributed by atoms with Crippen molar-refractivity contribution in [3.63, 3.8) is 0 Å². The van der Waals surface area contributed by atoms with E-state index >= 15 is 0 Å². The largest absolute Gasteiger partial charge is 0.489 e. The standard InChI is InChI=1S/C24H26FN3O3S/c1-30-15-14-27-10-12-28(13-11-27)24(29)22-17-32-23(26-22)19-4-8-21(9-5-19)31-16-18-2-6-20(25)7-3-18/h2-9,17H,10-16H2,1H3. The van der Waals surface area contributed by atoms with E-state index in [1.807, 2.05) is 34.5 Å². The average molecular weight is 456 g/mol. The molecule has 0 bridgehead atoms. The van der Waals surface area contributed by atoms with Gasteiger partial charge in [-0.15, -0.1) is 11.3 Å². The maximum absolute atomic E-state index is 13.0. The summed E-state index contributed by atoms with van der Waals surface area (Å²) in [5.74, 6) is 0.444. The number of rotatable bonds is 8. The number of hydrogen-bond donors (Lipinski definition) is 0. The number of amides is 1. The molecule has 1 saturated heterocycles. The molecular formula is C24H26FN3O3S. The van der Waals surface area contributed by atoms with Gasteiger partial charge in [0.05, 0.1) is 6.61 Å². The zero-order valence-corrected chi connectivity index (χ0v) is 18.8. The van der Waals surface area contributed by atoms with Crippen LogP contribution in [0.3, 0.4) is 0 Å². The van der Waals surface area contributed by atoms with Gasteiger partial charge < -0.3 is 14.4 Å². The Morgan fingerprint density at radius 2 is 1.78 bits per heavy atom. The van der Waals surface area contributed by atoms with Gasteiger partial charge in [0.1, 0.15) is 28.9 Å². The Labute approximate surface area is 191 Å². The maximum Gasteiger partial charge on any atom is 0.273 e. The zero-order chi connectivity index (χ0) is 22.3. The minimum Gasteiger partial charge on any atom is -0.489 e. The van der Waals surface area contributed by atoms with Crippen molar-refractivity contribution in [3.05, 3.63) is 71.0 Å². The van der Waals surface area contributed by atoms with E-state index in [4.69, 9.17) is 9.47 Å². The van der Waals surface area contributed by atoms with E-state index in [0.717, 1.165) is 41.5 Å². The van der Waals surface area contributed by atoms with E-state index in [2.05, 4.69) is 9.88 Å². The summed E-state index contributed by atoms with van der Waals surface area (Å²) in [7, 11) is 1.70. The molecule has 0 unspecified atom stereocenters. The molecule has 168 valence electrons. The van der Waals surface area contributed by atoms with E-state index in [-0.39, 0.29) is 11.7 Å². The molecule has 0 N–H and O–H groups in total. The first-order valence-electron chi connectivity index (χ1n) is 10.6. The summed E-state index contributed by atoms with van der Waals surface area (Å²) >= 11 is 1.46. The minimum atomic E-state index is -0.260. The molecule has 32 heavy (non-hydrogen) atoms. The third-order valence-corrected chi connectivity index (χ3v) is 6.31. The van der Waals surface area contributed by atoms with Crippen molar-refractivity contribution in [2.24, 2.45) is 0 Å². The molecule has 0 atom stereocenters. The van der Waals surface area contributed by atoms with Crippen molar-refractivity contribution in [3.8, 4) is 16.3 Å². The number of halogens is 1. The van der Waals surface area contributed by atoms with Crippen LogP contribution in [0.1, 0.15) is 16.1 Å². The average Bonchev–Trinajstić information content (AvgIpc) is 3.33. The van der Waals surface area contributed by atoms with E-state index in [9.17, 15) is 9.18 Å². The highest BCUT2D eigenvalue weighted by atomic mass is 32.1. The molecule has 1 aliphatic rings. The topological polar surface area (TPSA) is 54.9 Å². The monoisotopic (exact) mass is 455 g/mol.